The second-order valence-electron chi connectivity index (χ2n) is 3.36. The van der Waals surface area contributed by atoms with Crippen LogP contribution in [0.4, 0.5) is 5.69 Å². The van der Waals surface area contributed by atoms with Gasteiger partial charge in [-0.15, -0.1) is 0 Å². The largest absolute Gasteiger partial charge is 0.481 e. The van der Waals surface area contributed by atoms with Gasteiger partial charge in [-0.25, -0.2) is 0 Å². The summed E-state index contributed by atoms with van der Waals surface area (Å²) < 4.78 is 1.04. The summed E-state index contributed by atoms with van der Waals surface area (Å²) in [4.78, 5) is 10.3. The number of benzene rings is 1. The second-order valence-corrected chi connectivity index (χ2v) is 4.15. The van der Waals surface area contributed by atoms with E-state index in [4.69, 9.17) is 5.11 Å². The number of anilines is 1. The molecular weight excluding hydrogens is 258 g/mol. The summed E-state index contributed by atoms with van der Waals surface area (Å²) in [5.41, 5.74) is 2.18. The van der Waals surface area contributed by atoms with Crippen molar-refractivity contribution in [2.75, 3.05) is 11.9 Å². The predicted molar refractivity (Wildman–Crippen MR) is 64.2 cm³/mol. The topological polar surface area (TPSA) is 49.3 Å². The van der Waals surface area contributed by atoms with Crippen LogP contribution in [0, 0.1) is 6.92 Å². The Morgan fingerprint density at radius 1 is 1.53 bits per heavy atom. The van der Waals surface area contributed by atoms with Crippen molar-refractivity contribution in [1.29, 1.82) is 0 Å². The molecule has 0 saturated heterocycles. The third kappa shape index (κ3) is 3.91. The zero-order valence-corrected chi connectivity index (χ0v) is 10.2. The third-order valence-corrected chi connectivity index (χ3v) is 3.13. The van der Waals surface area contributed by atoms with Gasteiger partial charge in [-0.05, 0) is 40.9 Å². The van der Waals surface area contributed by atoms with E-state index in [2.05, 4.69) is 21.2 Å². The van der Waals surface area contributed by atoms with E-state index in [-0.39, 0.29) is 6.42 Å². The molecule has 3 nitrogen and oxygen atoms in total. The zero-order valence-electron chi connectivity index (χ0n) is 8.59. The molecule has 1 aromatic carbocycles. The molecule has 0 fully saturated rings. The maximum Gasteiger partial charge on any atom is 0.303 e. The molecule has 1 rings (SSSR count). The van der Waals surface area contributed by atoms with Gasteiger partial charge in [0, 0.05) is 23.1 Å². The molecule has 0 unspecified atom stereocenters. The van der Waals surface area contributed by atoms with Crippen molar-refractivity contribution in [1.82, 2.24) is 0 Å². The summed E-state index contributed by atoms with van der Waals surface area (Å²) in [6.45, 7) is 2.70. The van der Waals surface area contributed by atoms with Crippen LogP contribution in [-0.4, -0.2) is 17.6 Å². The van der Waals surface area contributed by atoms with Gasteiger partial charge in [0.15, 0.2) is 0 Å². The van der Waals surface area contributed by atoms with E-state index in [0.717, 1.165) is 10.2 Å². The Labute approximate surface area is 97.6 Å². The number of carboxylic acid groups (broad SMARTS) is 1. The van der Waals surface area contributed by atoms with Crippen LogP contribution in [-0.2, 0) is 4.79 Å². The average Bonchev–Trinajstić information content (AvgIpc) is 2.18. The van der Waals surface area contributed by atoms with Crippen molar-refractivity contribution in [2.24, 2.45) is 0 Å². The quantitative estimate of drug-likeness (QED) is 0.810. The summed E-state index contributed by atoms with van der Waals surface area (Å²) in [6, 6.07) is 5.96. The number of hydrogen-bond acceptors (Lipinski definition) is 2. The lowest BCUT2D eigenvalue weighted by Gasteiger charge is -2.09. The lowest BCUT2D eigenvalue weighted by Crippen LogP contribution is -2.05. The van der Waals surface area contributed by atoms with E-state index in [1.807, 2.05) is 25.1 Å². The molecule has 0 spiro atoms. The molecule has 4 heteroatoms. The SMILES string of the molecule is Cc1cccc(NCCCC(=O)O)c1Br. The van der Waals surface area contributed by atoms with E-state index in [1.54, 1.807) is 0 Å². The molecule has 82 valence electrons. The predicted octanol–water partition coefficient (Wildman–Crippen LogP) is 3.03. The minimum atomic E-state index is -0.750. The van der Waals surface area contributed by atoms with E-state index < -0.39 is 5.97 Å². The molecule has 0 aromatic heterocycles. The van der Waals surface area contributed by atoms with Gasteiger partial charge >= 0.3 is 5.97 Å². The highest BCUT2D eigenvalue weighted by Gasteiger charge is 2.01. The van der Waals surface area contributed by atoms with Crippen LogP contribution in [0.2, 0.25) is 0 Å². The molecule has 1 aromatic rings. The minimum Gasteiger partial charge on any atom is -0.481 e. The van der Waals surface area contributed by atoms with Crippen LogP contribution in [0.5, 0.6) is 0 Å². The number of hydrogen-bond donors (Lipinski definition) is 2. The fourth-order valence-corrected chi connectivity index (χ4v) is 1.65. The molecule has 0 radical (unpaired) electrons. The number of rotatable bonds is 5. The molecule has 0 aliphatic heterocycles. The van der Waals surface area contributed by atoms with Gasteiger partial charge in [0.1, 0.15) is 0 Å². The molecule has 2 N–H and O–H groups in total. The Morgan fingerprint density at radius 2 is 2.27 bits per heavy atom. The minimum absolute atomic E-state index is 0.205. The van der Waals surface area contributed by atoms with Gasteiger partial charge in [-0.2, -0.15) is 0 Å². The fraction of sp³-hybridized carbons (Fsp3) is 0.364. The van der Waals surface area contributed by atoms with Crippen LogP contribution >= 0.6 is 15.9 Å². The van der Waals surface area contributed by atoms with E-state index >= 15 is 0 Å². The van der Waals surface area contributed by atoms with Gasteiger partial charge in [0.05, 0.1) is 0 Å². The maximum atomic E-state index is 10.3. The van der Waals surface area contributed by atoms with Crippen LogP contribution in [0.15, 0.2) is 22.7 Å². The highest BCUT2D eigenvalue weighted by atomic mass is 79.9. The summed E-state index contributed by atoms with van der Waals surface area (Å²) >= 11 is 3.48. The highest BCUT2D eigenvalue weighted by Crippen LogP contribution is 2.25. The van der Waals surface area contributed by atoms with E-state index in [9.17, 15) is 4.79 Å². The first-order chi connectivity index (χ1) is 7.11. The van der Waals surface area contributed by atoms with Gasteiger partial charge in [-0.1, -0.05) is 12.1 Å². The van der Waals surface area contributed by atoms with Crippen LogP contribution in [0.25, 0.3) is 0 Å². The Kier molecular flexibility index (Phi) is 4.62. The smallest absolute Gasteiger partial charge is 0.303 e. The Hall–Kier alpha value is -1.03. The van der Waals surface area contributed by atoms with E-state index in [0.29, 0.717) is 13.0 Å². The van der Waals surface area contributed by atoms with Crippen molar-refractivity contribution in [3.63, 3.8) is 0 Å². The number of aliphatic carboxylic acids is 1. The van der Waals surface area contributed by atoms with Crippen LogP contribution in [0.3, 0.4) is 0 Å². The first-order valence-electron chi connectivity index (χ1n) is 4.82. The molecule has 15 heavy (non-hydrogen) atoms. The lowest BCUT2D eigenvalue weighted by molar-refractivity contribution is -0.137. The summed E-state index contributed by atoms with van der Waals surface area (Å²) in [5, 5.41) is 11.7. The molecule has 0 heterocycles. The number of carboxylic acids is 1. The second kappa shape index (κ2) is 5.75. The van der Waals surface area contributed by atoms with Crippen molar-refractivity contribution < 1.29 is 9.90 Å². The molecule has 0 aliphatic rings. The number of halogens is 1. The summed E-state index contributed by atoms with van der Waals surface area (Å²) in [6.07, 6.45) is 0.839. The van der Waals surface area contributed by atoms with Gasteiger partial charge in [-0.3, -0.25) is 4.79 Å². The standard InChI is InChI=1S/C11H14BrNO2/c1-8-4-2-5-9(11(8)12)13-7-3-6-10(14)15/h2,4-5,13H,3,6-7H2,1H3,(H,14,15). The Morgan fingerprint density at radius 3 is 2.93 bits per heavy atom. The molecule has 0 amide bonds. The normalized spacial score (nSPS) is 10.0. The molecule has 0 bridgehead atoms. The third-order valence-electron chi connectivity index (χ3n) is 2.07. The molecule has 0 saturated carbocycles. The first kappa shape index (κ1) is 12.0. The number of aryl methyl sites for hydroxylation is 1. The maximum absolute atomic E-state index is 10.3. The van der Waals surface area contributed by atoms with Crippen molar-refractivity contribution in [3.8, 4) is 0 Å². The number of nitrogens with one attached hydrogen (secondary N) is 1. The fourth-order valence-electron chi connectivity index (χ4n) is 1.25. The molecule has 0 aliphatic carbocycles. The van der Waals surface area contributed by atoms with E-state index in [1.165, 1.54) is 5.56 Å². The average molecular weight is 272 g/mol. The molecule has 0 atom stereocenters. The van der Waals surface area contributed by atoms with Crippen LogP contribution in [0.1, 0.15) is 18.4 Å². The number of carbonyl (C=O) groups is 1. The first-order valence-corrected chi connectivity index (χ1v) is 5.61. The summed E-state index contributed by atoms with van der Waals surface area (Å²) in [7, 11) is 0. The van der Waals surface area contributed by atoms with Crippen molar-refractivity contribution in [3.05, 3.63) is 28.2 Å². The van der Waals surface area contributed by atoms with Gasteiger partial charge < -0.3 is 10.4 Å². The Bertz CT molecular complexity index is 352. The highest BCUT2D eigenvalue weighted by molar-refractivity contribution is 9.10. The molecular formula is C11H14BrNO2. The Balaban J connectivity index is 2.44. The van der Waals surface area contributed by atoms with Crippen molar-refractivity contribution >= 4 is 27.6 Å². The zero-order chi connectivity index (χ0) is 11.3. The monoisotopic (exact) mass is 271 g/mol. The van der Waals surface area contributed by atoms with Crippen molar-refractivity contribution in [2.45, 2.75) is 19.8 Å². The van der Waals surface area contributed by atoms with Gasteiger partial charge in [0.2, 0.25) is 0 Å². The summed E-state index contributed by atoms with van der Waals surface area (Å²) in [5.74, 6) is -0.750. The van der Waals surface area contributed by atoms with Gasteiger partial charge in [0.25, 0.3) is 0 Å². The van der Waals surface area contributed by atoms with Crippen LogP contribution < -0.4 is 5.32 Å². The lowest BCUT2D eigenvalue weighted by atomic mass is 10.2.